The zero-order valence-electron chi connectivity index (χ0n) is 19.3. The van der Waals surface area contributed by atoms with E-state index in [0.29, 0.717) is 28.2 Å². The summed E-state index contributed by atoms with van der Waals surface area (Å²) < 4.78 is 34.3. The number of hydrogen-bond donors (Lipinski definition) is 2. The van der Waals surface area contributed by atoms with Crippen LogP contribution in [0.3, 0.4) is 0 Å². The lowest BCUT2D eigenvalue weighted by molar-refractivity contribution is 0.341. The SMILES string of the molecule is COc1ccc(-c2cc3cnc(NCc4ccc(F)c(F)c4)nc3n2CC2CCCNC2)c(Cl)c1. The van der Waals surface area contributed by atoms with Crippen molar-refractivity contribution in [1.29, 1.82) is 0 Å². The minimum Gasteiger partial charge on any atom is -0.497 e. The Kier molecular flexibility index (Phi) is 6.83. The van der Waals surface area contributed by atoms with Gasteiger partial charge >= 0.3 is 0 Å². The minimum atomic E-state index is -0.878. The fraction of sp³-hybridized carbons (Fsp3) is 0.308. The molecule has 3 heterocycles. The van der Waals surface area contributed by atoms with Gasteiger partial charge in [0.25, 0.3) is 0 Å². The van der Waals surface area contributed by atoms with Gasteiger partial charge in [-0.2, -0.15) is 4.98 Å². The van der Waals surface area contributed by atoms with E-state index in [0.717, 1.165) is 60.8 Å². The lowest BCUT2D eigenvalue weighted by Crippen LogP contribution is -2.32. The van der Waals surface area contributed by atoms with Crippen LogP contribution in [0.15, 0.2) is 48.7 Å². The molecule has 1 atom stereocenters. The molecule has 2 aromatic heterocycles. The summed E-state index contributed by atoms with van der Waals surface area (Å²) in [6.45, 7) is 3.04. The van der Waals surface area contributed by atoms with Gasteiger partial charge < -0.3 is 19.9 Å². The molecule has 182 valence electrons. The van der Waals surface area contributed by atoms with Crippen molar-refractivity contribution >= 4 is 28.6 Å². The highest BCUT2D eigenvalue weighted by Crippen LogP contribution is 2.35. The largest absolute Gasteiger partial charge is 0.497 e. The number of ether oxygens (including phenoxy) is 1. The van der Waals surface area contributed by atoms with E-state index in [1.807, 2.05) is 18.2 Å². The fourth-order valence-corrected chi connectivity index (χ4v) is 4.80. The van der Waals surface area contributed by atoms with Crippen molar-refractivity contribution in [2.45, 2.75) is 25.9 Å². The highest BCUT2D eigenvalue weighted by molar-refractivity contribution is 6.33. The molecule has 0 radical (unpaired) electrons. The number of hydrogen-bond acceptors (Lipinski definition) is 5. The second-order valence-corrected chi connectivity index (χ2v) is 9.18. The number of rotatable bonds is 7. The third kappa shape index (κ3) is 5.09. The molecule has 0 bridgehead atoms. The lowest BCUT2D eigenvalue weighted by atomic mass is 9.99. The Morgan fingerprint density at radius 3 is 2.80 bits per heavy atom. The number of anilines is 1. The molecule has 6 nitrogen and oxygen atoms in total. The van der Waals surface area contributed by atoms with Crippen molar-refractivity contribution in [3.05, 3.63) is 70.9 Å². The average Bonchev–Trinajstić information content (AvgIpc) is 3.22. The lowest BCUT2D eigenvalue weighted by Gasteiger charge is -2.24. The van der Waals surface area contributed by atoms with Crippen molar-refractivity contribution < 1.29 is 13.5 Å². The van der Waals surface area contributed by atoms with Gasteiger partial charge in [-0.25, -0.2) is 13.8 Å². The van der Waals surface area contributed by atoms with Crippen molar-refractivity contribution in [1.82, 2.24) is 19.9 Å². The number of aromatic nitrogens is 3. The molecular formula is C26H26ClF2N5O. The van der Waals surface area contributed by atoms with Gasteiger partial charge in [-0.3, -0.25) is 0 Å². The topological polar surface area (TPSA) is 64.0 Å². The van der Waals surface area contributed by atoms with E-state index >= 15 is 0 Å². The summed E-state index contributed by atoms with van der Waals surface area (Å²) in [6, 6.07) is 11.5. The number of nitrogens with zero attached hydrogens (tertiary/aromatic N) is 3. The molecule has 1 fully saturated rings. The molecule has 0 saturated carbocycles. The van der Waals surface area contributed by atoms with Crippen LogP contribution in [0, 0.1) is 17.6 Å². The fourth-order valence-electron chi connectivity index (χ4n) is 4.53. The Labute approximate surface area is 207 Å². The Hall–Kier alpha value is -3.23. The van der Waals surface area contributed by atoms with Gasteiger partial charge in [0.2, 0.25) is 5.95 Å². The monoisotopic (exact) mass is 497 g/mol. The highest BCUT2D eigenvalue weighted by atomic mass is 35.5. The molecule has 1 aliphatic rings. The van der Waals surface area contributed by atoms with Crippen molar-refractivity contribution in [3.63, 3.8) is 0 Å². The smallest absolute Gasteiger partial charge is 0.224 e. The Bertz CT molecular complexity index is 1350. The van der Waals surface area contributed by atoms with Gasteiger partial charge in [-0.15, -0.1) is 0 Å². The number of benzene rings is 2. The summed E-state index contributed by atoms with van der Waals surface area (Å²) in [5, 5.41) is 8.10. The van der Waals surface area contributed by atoms with Crippen molar-refractivity contribution in [2.24, 2.45) is 5.92 Å². The van der Waals surface area contributed by atoms with Gasteiger partial charge in [0.15, 0.2) is 11.6 Å². The summed E-state index contributed by atoms with van der Waals surface area (Å²) in [6.07, 6.45) is 4.04. The van der Waals surface area contributed by atoms with Crippen LogP contribution in [0.2, 0.25) is 5.02 Å². The molecule has 35 heavy (non-hydrogen) atoms. The number of halogens is 3. The summed E-state index contributed by atoms with van der Waals surface area (Å²) in [5.74, 6) is -0.177. The number of nitrogens with one attached hydrogen (secondary N) is 2. The normalized spacial score (nSPS) is 15.9. The Morgan fingerprint density at radius 1 is 1.17 bits per heavy atom. The van der Waals surface area contributed by atoms with E-state index in [1.165, 1.54) is 12.1 Å². The van der Waals surface area contributed by atoms with Crippen LogP contribution in [0.5, 0.6) is 5.75 Å². The van der Waals surface area contributed by atoms with Crippen LogP contribution in [-0.2, 0) is 13.1 Å². The van der Waals surface area contributed by atoms with Crippen LogP contribution >= 0.6 is 11.6 Å². The molecule has 4 aromatic rings. The molecule has 0 aliphatic carbocycles. The van der Waals surface area contributed by atoms with E-state index < -0.39 is 11.6 Å². The predicted octanol–water partition coefficient (Wildman–Crippen LogP) is 5.65. The first-order valence-electron chi connectivity index (χ1n) is 11.6. The van der Waals surface area contributed by atoms with Crippen LogP contribution < -0.4 is 15.4 Å². The second-order valence-electron chi connectivity index (χ2n) is 8.77. The van der Waals surface area contributed by atoms with Gasteiger partial charge in [0, 0.05) is 30.2 Å². The Balaban J connectivity index is 1.51. The molecular weight excluding hydrogens is 472 g/mol. The first kappa shape index (κ1) is 23.5. The average molecular weight is 498 g/mol. The van der Waals surface area contributed by atoms with Gasteiger partial charge in [0.05, 0.1) is 17.8 Å². The number of fused-ring (bicyclic) bond motifs is 1. The minimum absolute atomic E-state index is 0.271. The molecule has 2 aromatic carbocycles. The molecule has 0 spiro atoms. The van der Waals surface area contributed by atoms with E-state index in [9.17, 15) is 8.78 Å². The third-order valence-corrected chi connectivity index (χ3v) is 6.67. The first-order valence-corrected chi connectivity index (χ1v) is 12.0. The molecule has 5 rings (SSSR count). The van der Waals surface area contributed by atoms with E-state index in [4.69, 9.17) is 21.3 Å². The maximum atomic E-state index is 13.6. The maximum Gasteiger partial charge on any atom is 0.224 e. The highest BCUT2D eigenvalue weighted by Gasteiger charge is 2.20. The van der Waals surface area contributed by atoms with Crippen LogP contribution in [-0.4, -0.2) is 34.7 Å². The molecule has 1 saturated heterocycles. The van der Waals surface area contributed by atoms with E-state index in [1.54, 1.807) is 13.3 Å². The zero-order chi connectivity index (χ0) is 24.4. The molecule has 1 unspecified atom stereocenters. The number of methoxy groups -OCH3 is 1. The third-order valence-electron chi connectivity index (χ3n) is 6.36. The Morgan fingerprint density at radius 2 is 2.06 bits per heavy atom. The van der Waals surface area contributed by atoms with Crippen LogP contribution in [0.1, 0.15) is 18.4 Å². The van der Waals surface area contributed by atoms with Gasteiger partial charge in [0.1, 0.15) is 11.4 Å². The van der Waals surface area contributed by atoms with Gasteiger partial charge in [-0.1, -0.05) is 17.7 Å². The first-order chi connectivity index (χ1) is 17.0. The van der Waals surface area contributed by atoms with Gasteiger partial charge in [-0.05, 0) is 73.8 Å². The standard InChI is InChI=1S/C26H26ClF2N5O/c1-35-19-5-6-20(21(27)11-19)24-10-18-14-32-26(31-13-16-4-7-22(28)23(29)9-16)33-25(18)34(24)15-17-3-2-8-30-12-17/h4-7,9-11,14,17,30H,2-3,8,12-13,15H2,1H3,(H,31,32,33). The summed E-state index contributed by atoms with van der Waals surface area (Å²) in [5.41, 5.74) is 3.25. The van der Waals surface area contributed by atoms with Crippen LogP contribution in [0.4, 0.5) is 14.7 Å². The summed E-state index contributed by atoms with van der Waals surface area (Å²) in [4.78, 5) is 9.23. The molecule has 9 heteroatoms. The van der Waals surface area contributed by atoms with Crippen LogP contribution in [0.25, 0.3) is 22.3 Å². The molecule has 0 amide bonds. The predicted molar refractivity (Wildman–Crippen MR) is 134 cm³/mol. The number of piperidine rings is 1. The van der Waals surface area contributed by atoms with E-state index in [2.05, 4.69) is 26.3 Å². The van der Waals surface area contributed by atoms with E-state index in [-0.39, 0.29) is 6.54 Å². The second kappa shape index (κ2) is 10.2. The summed E-state index contributed by atoms with van der Waals surface area (Å²) >= 11 is 6.65. The zero-order valence-corrected chi connectivity index (χ0v) is 20.1. The molecule has 2 N–H and O–H groups in total. The molecule has 1 aliphatic heterocycles. The van der Waals surface area contributed by atoms with Crippen molar-refractivity contribution in [2.75, 3.05) is 25.5 Å². The maximum absolute atomic E-state index is 13.6. The quantitative estimate of drug-likeness (QED) is 0.345. The van der Waals surface area contributed by atoms with Crippen molar-refractivity contribution in [3.8, 4) is 17.0 Å². The summed E-state index contributed by atoms with van der Waals surface area (Å²) in [7, 11) is 1.61.